The molecule has 0 N–H and O–H groups in total. The van der Waals surface area contributed by atoms with Crippen molar-refractivity contribution in [1.82, 2.24) is 9.13 Å². The van der Waals surface area contributed by atoms with E-state index in [-0.39, 0.29) is 35.3 Å². The Morgan fingerprint density at radius 2 is 0.885 bits per heavy atom. The Morgan fingerprint density at radius 3 is 1.12 bits per heavy atom. The first-order valence-corrected chi connectivity index (χ1v) is 8.04. The van der Waals surface area contributed by atoms with Crippen molar-refractivity contribution in [3.05, 3.63) is 91.0 Å². The quantitative estimate of drug-likeness (QED) is 0.524. The van der Waals surface area contributed by atoms with E-state index in [0.717, 1.165) is 9.13 Å². The zero-order valence-corrected chi connectivity index (χ0v) is 13.8. The SMILES string of the molecule is C=CCn1c(=O)c2cc3cc4c(=O)n(CC=C)c(=O)c4cc3cc2c1=O. The van der Waals surface area contributed by atoms with E-state index in [1.165, 1.54) is 12.2 Å². The highest BCUT2D eigenvalue weighted by atomic mass is 16.2. The van der Waals surface area contributed by atoms with Gasteiger partial charge in [0.1, 0.15) is 0 Å². The number of aromatic nitrogens is 2. The molecule has 2 aromatic heterocycles. The predicted molar refractivity (Wildman–Crippen MR) is 103 cm³/mol. The molecule has 0 fully saturated rings. The van der Waals surface area contributed by atoms with Crippen LogP contribution in [-0.2, 0) is 13.1 Å². The molecule has 4 aromatic rings. The number of hydrogen-bond donors (Lipinski definition) is 0. The fourth-order valence-electron chi connectivity index (χ4n) is 3.41. The molecule has 0 amide bonds. The second-order valence-electron chi connectivity index (χ2n) is 6.16. The van der Waals surface area contributed by atoms with Crippen LogP contribution in [0.5, 0.6) is 0 Å². The third-order valence-electron chi connectivity index (χ3n) is 4.64. The lowest BCUT2D eigenvalue weighted by molar-refractivity contribution is 0.775. The van der Waals surface area contributed by atoms with E-state index in [2.05, 4.69) is 13.2 Å². The van der Waals surface area contributed by atoms with E-state index in [0.29, 0.717) is 32.3 Å². The largest absolute Gasteiger partial charge is 0.270 e. The Morgan fingerprint density at radius 1 is 0.615 bits per heavy atom. The van der Waals surface area contributed by atoms with Crippen LogP contribution in [0, 0.1) is 0 Å². The summed E-state index contributed by atoms with van der Waals surface area (Å²) in [5.41, 5.74) is -1.54. The predicted octanol–water partition coefficient (Wildman–Crippen LogP) is 1.44. The van der Waals surface area contributed by atoms with Gasteiger partial charge in [-0.05, 0) is 35.0 Å². The van der Waals surface area contributed by atoms with E-state index in [1.807, 2.05) is 0 Å². The van der Waals surface area contributed by atoms with Crippen molar-refractivity contribution in [3.8, 4) is 0 Å². The molecule has 0 unspecified atom stereocenters. The van der Waals surface area contributed by atoms with Gasteiger partial charge in [-0.3, -0.25) is 28.3 Å². The first-order valence-electron chi connectivity index (χ1n) is 8.04. The van der Waals surface area contributed by atoms with Crippen LogP contribution in [0.4, 0.5) is 0 Å². The lowest BCUT2D eigenvalue weighted by atomic mass is 10.0. The number of nitrogens with zero attached hydrogens (tertiary/aromatic N) is 2. The average molecular weight is 346 g/mol. The summed E-state index contributed by atoms with van der Waals surface area (Å²) in [6.45, 7) is 7.38. The second kappa shape index (κ2) is 5.49. The minimum absolute atomic E-state index is 0.132. The maximum absolute atomic E-state index is 12.4. The van der Waals surface area contributed by atoms with E-state index in [9.17, 15) is 19.2 Å². The molecule has 0 aliphatic heterocycles. The molecule has 6 nitrogen and oxygen atoms in total. The topological polar surface area (TPSA) is 78.1 Å². The molecule has 0 saturated heterocycles. The molecule has 4 rings (SSSR count). The summed E-state index contributed by atoms with van der Waals surface area (Å²) in [5.74, 6) is 0. The molecule has 0 bridgehead atoms. The monoisotopic (exact) mass is 346 g/mol. The summed E-state index contributed by atoms with van der Waals surface area (Å²) in [6.07, 6.45) is 2.98. The summed E-state index contributed by atoms with van der Waals surface area (Å²) < 4.78 is 2.23. The van der Waals surface area contributed by atoms with Crippen LogP contribution < -0.4 is 22.2 Å². The maximum atomic E-state index is 12.4. The third kappa shape index (κ3) is 1.99. The van der Waals surface area contributed by atoms with Crippen LogP contribution in [0.25, 0.3) is 32.3 Å². The fraction of sp³-hybridized carbons (Fsp3) is 0.100. The molecule has 6 heteroatoms. The molecule has 0 spiro atoms. The zero-order valence-electron chi connectivity index (χ0n) is 13.8. The molecule has 0 radical (unpaired) electrons. The van der Waals surface area contributed by atoms with Gasteiger partial charge in [0.15, 0.2) is 0 Å². The Balaban J connectivity index is 2.15. The Bertz CT molecular complexity index is 1240. The third-order valence-corrected chi connectivity index (χ3v) is 4.64. The van der Waals surface area contributed by atoms with Crippen LogP contribution in [0.15, 0.2) is 68.8 Å². The number of fused-ring (bicyclic) bond motifs is 3. The lowest BCUT2D eigenvalue weighted by Gasteiger charge is -1.97. The Labute approximate surface area is 146 Å². The van der Waals surface area contributed by atoms with Gasteiger partial charge in [0.25, 0.3) is 22.2 Å². The minimum Gasteiger partial charge on any atom is -0.270 e. The second-order valence-corrected chi connectivity index (χ2v) is 6.16. The highest BCUT2D eigenvalue weighted by Crippen LogP contribution is 2.23. The van der Waals surface area contributed by atoms with Crippen molar-refractivity contribution in [2.75, 3.05) is 0 Å². The lowest BCUT2D eigenvalue weighted by Crippen LogP contribution is -2.24. The molecule has 0 aliphatic carbocycles. The van der Waals surface area contributed by atoms with Crippen LogP contribution in [-0.4, -0.2) is 9.13 Å². The van der Waals surface area contributed by atoms with Crippen LogP contribution in [0.1, 0.15) is 0 Å². The first kappa shape index (κ1) is 16.0. The van der Waals surface area contributed by atoms with Gasteiger partial charge < -0.3 is 0 Å². The van der Waals surface area contributed by atoms with Crippen LogP contribution in [0.3, 0.4) is 0 Å². The molecule has 0 saturated carbocycles. The summed E-state index contributed by atoms with van der Waals surface area (Å²) in [4.78, 5) is 49.8. The molecular formula is C20H14N2O4. The van der Waals surface area contributed by atoms with Crippen molar-refractivity contribution in [1.29, 1.82) is 0 Å². The van der Waals surface area contributed by atoms with Crippen molar-refractivity contribution in [2.24, 2.45) is 0 Å². The van der Waals surface area contributed by atoms with E-state index in [1.54, 1.807) is 24.3 Å². The highest BCUT2D eigenvalue weighted by Gasteiger charge is 2.16. The van der Waals surface area contributed by atoms with Gasteiger partial charge in [0, 0.05) is 13.1 Å². The number of benzene rings is 2. The van der Waals surface area contributed by atoms with E-state index < -0.39 is 0 Å². The van der Waals surface area contributed by atoms with Crippen LogP contribution >= 0.6 is 0 Å². The Kier molecular flexibility index (Phi) is 3.37. The molecule has 128 valence electrons. The molecule has 0 aliphatic rings. The number of rotatable bonds is 4. The van der Waals surface area contributed by atoms with Crippen molar-refractivity contribution >= 4 is 32.3 Å². The van der Waals surface area contributed by atoms with Gasteiger partial charge in [-0.2, -0.15) is 0 Å². The average Bonchev–Trinajstić information content (AvgIpc) is 3.00. The minimum atomic E-state index is -0.386. The summed E-state index contributed by atoms with van der Waals surface area (Å²) >= 11 is 0. The summed E-state index contributed by atoms with van der Waals surface area (Å²) in [7, 11) is 0. The van der Waals surface area contributed by atoms with E-state index in [4.69, 9.17) is 0 Å². The van der Waals surface area contributed by atoms with Gasteiger partial charge in [-0.25, -0.2) is 0 Å². The first-order chi connectivity index (χ1) is 12.5. The molecule has 2 aromatic carbocycles. The molecular weight excluding hydrogens is 332 g/mol. The number of hydrogen-bond acceptors (Lipinski definition) is 4. The van der Waals surface area contributed by atoms with Gasteiger partial charge >= 0.3 is 0 Å². The van der Waals surface area contributed by atoms with Gasteiger partial charge in [0.2, 0.25) is 0 Å². The zero-order chi connectivity index (χ0) is 18.6. The van der Waals surface area contributed by atoms with Crippen molar-refractivity contribution in [3.63, 3.8) is 0 Å². The summed E-state index contributed by atoms with van der Waals surface area (Å²) in [6, 6.07) is 6.40. The molecule has 0 atom stereocenters. The van der Waals surface area contributed by atoms with E-state index >= 15 is 0 Å². The van der Waals surface area contributed by atoms with Gasteiger partial charge in [-0.1, -0.05) is 12.2 Å². The summed E-state index contributed by atoms with van der Waals surface area (Å²) in [5, 5.41) is 2.44. The highest BCUT2D eigenvalue weighted by molar-refractivity contribution is 6.04. The van der Waals surface area contributed by atoms with Gasteiger partial charge in [-0.15, -0.1) is 13.2 Å². The number of allylic oxidation sites excluding steroid dienone is 2. The normalized spacial score (nSPS) is 11.5. The molecule has 2 heterocycles. The Hall–Kier alpha value is -3.54. The molecule has 26 heavy (non-hydrogen) atoms. The smallest absolute Gasteiger partial charge is 0.261 e. The van der Waals surface area contributed by atoms with Crippen molar-refractivity contribution in [2.45, 2.75) is 13.1 Å². The van der Waals surface area contributed by atoms with Crippen molar-refractivity contribution < 1.29 is 0 Å². The van der Waals surface area contributed by atoms with Gasteiger partial charge in [0.05, 0.1) is 21.5 Å². The van der Waals surface area contributed by atoms with Crippen LogP contribution in [0.2, 0.25) is 0 Å². The fourth-order valence-corrected chi connectivity index (χ4v) is 3.41. The maximum Gasteiger partial charge on any atom is 0.261 e. The standard InChI is InChI=1S/C20H14N2O4/c1-3-5-21-17(23)13-7-11-9-15-16(10-12(11)8-14(13)18(21)24)20(26)22(6-4-2)19(15)25/h3-4,7-10H,1-2,5-6H2.